The molecule has 0 saturated carbocycles. The van der Waals surface area contributed by atoms with Crippen LogP contribution in [-0.2, 0) is 6.42 Å². The van der Waals surface area contributed by atoms with Crippen molar-refractivity contribution in [3.8, 4) is 0 Å². The zero-order valence-corrected chi connectivity index (χ0v) is 8.55. The topological polar surface area (TPSA) is 52.8 Å². The quantitative estimate of drug-likeness (QED) is 0.697. The van der Waals surface area contributed by atoms with Crippen LogP contribution in [0.1, 0.15) is 12.1 Å². The third-order valence-corrected chi connectivity index (χ3v) is 2.16. The first-order valence-electron chi connectivity index (χ1n) is 4.69. The molecule has 5 nitrogen and oxygen atoms in total. The minimum atomic E-state index is 0.701. The predicted molar refractivity (Wildman–Crippen MR) is 56.3 cm³/mol. The predicted octanol–water partition coefficient (Wildman–Crippen LogP) is 1.00. The molecule has 15 heavy (non-hydrogen) atoms. The molecule has 78 valence electrons. The number of fused-ring (bicyclic) bond motifs is 1. The average molecular weight is 204 g/mol. The first-order chi connectivity index (χ1) is 7.36. The zero-order chi connectivity index (χ0) is 10.7. The Bertz CT molecular complexity index is 477. The van der Waals surface area contributed by atoms with Crippen LogP contribution in [0.3, 0.4) is 0 Å². The molecule has 2 heterocycles. The van der Waals surface area contributed by atoms with Gasteiger partial charge in [-0.05, 0) is 12.8 Å². The molecule has 0 saturated heterocycles. The highest BCUT2D eigenvalue weighted by Crippen LogP contribution is 2.13. The van der Waals surface area contributed by atoms with Crippen LogP contribution in [0.4, 0.5) is 0 Å². The van der Waals surface area contributed by atoms with Crippen LogP contribution >= 0.6 is 0 Å². The Morgan fingerprint density at radius 1 is 1.47 bits per heavy atom. The molecular formula is C10H12N4O. The van der Waals surface area contributed by atoms with E-state index in [9.17, 15) is 0 Å². The standard InChI is InChI=1S/C10H12N4O/c1-3-4-5-8-9-10(12-6-11-8)14(15-2)7-13-9/h3,6-7H,1,4-5H2,2H3. The summed E-state index contributed by atoms with van der Waals surface area (Å²) in [6.45, 7) is 3.68. The van der Waals surface area contributed by atoms with Crippen molar-refractivity contribution in [3.63, 3.8) is 0 Å². The minimum absolute atomic E-state index is 0.701. The van der Waals surface area contributed by atoms with E-state index in [-0.39, 0.29) is 0 Å². The summed E-state index contributed by atoms with van der Waals surface area (Å²) in [6, 6.07) is 0. The molecule has 0 aliphatic rings. The van der Waals surface area contributed by atoms with Gasteiger partial charge in [0.1, 0.15) is 25.3 Å². The van der Waals surface area contributed by atoms with Crippen LogP contribution in [0, 0.1) is 0 Å². The van der Waals surface area contributed by atoms with Gasteiger partial charge in [0.25, 0.3) is 0 Å². The Morgan fingerprint density at radius 2 is 2.33 bits per heavy atom. The fraction of sp³-hybridized carbons (Fsp3) is 0.300. The van der Waals surface area contributed by atoms with Gasteiger partial charge in [-0.15, -0.1) is 6.58 Å². The van der Waals surface area contributed by atoms with Gasteiger partial charge < -0.3 is 4.84 Å². The molecule has 0 amide bonds. The lowest BCUT2D eigenvalue weighted by atomic mass is 10.2. The van der Waals surface area contributed by atoms with E-state index in [4.69, 9.17) is 4.84 Å². The molecule has 5 heteroatoms. The highest BCUT2D eigenvalue weighted by molar-refractivity contribution is 5.72. The van der Waals surface area contributed by atoms with Gasteiger partial charge in [0.2, 0.25) is 0 Å². The van der Waals surface area contributed by atoms with Crippen LogP contribution in [-0.4, -0.2) is 26.8 Å². The van der Waals surface area contributed by atoms with Crippen LogP contribution in [0.2, 0.25) is 0 Å². The minimum Gasteiger partial charge on any atom is -0.414 e. The molecule has 2 aromatic heterocycles. The summed E-state index contributed by atoms with van der Waals surface area (Å²) < 4.78 is 1.52. The Hall–Kier alpha value is -1.91. The Kier molecular flexibility index (Phi) is 2.62. The molecule has 0 aromatic carbocycles. The van der Waals surface area contributed by atoms with Crippen LogP contribution < -0.4 is 4.84 Å². The lowest BCUT2D eigenvalue weighted by Gasteiger charge is -2.00. The summed E-state index contributed by atoms with van der Waals surface area (Å²) in [5.41, 5.74) is 2.42. The van der Waals surface area contributed by atoms with Crippen LogP contribution in [0.5, 0.6) is 0 Å². The fourth-order valence-electron chi connectivity index (χ4n) is 1.42. The van der Waals surface area contributed by atoms with Crippen molar-refractivity contribution in [2.45, 2.75) is 12.8 Å². The van der Waals surface area contributed by atoms with Crippen molar-refractivity contribution < 1.29 is 4.84 Å². The van der Waals surface area contributed by atoms with Crippen molar-refractivity contribution >= 4 is 11.2 Å². The first-order valence-corrected chi connectivity index (χ1v) is 4.69. The summed E-state index contributed by atoms with van der Waals surface area (Å²) in [7, 11) is 1.58. The SMILES string of the molecule is C=CCCc1ncnc2c1ncn2OC. The number of hydrogen-bond acceptors (Lipinski definition) is 4. The Balaban J connectivity index is 2.47. The van der Waals surface area contributed by atoms with Crippen molar-refractivity contribution in [1.82, 2.24) is 19.7 Å². The van der Waals surface area contributed by atoms with Gasteiger partial charge in [0.15, 0.2) is 5.65 Å². The van der Waals surface area contributed by atoms with Gasteiger partial charge in [0.05, 0.1) is 5.69 Å². The molecule has 0 fully saturated rings. The molecule has 0 N–H and O–H groups in total. The van der Waals surface area contributed by atoms with Gasteiger partial charge in [-0.25, -0.2) is 15.0 Å². The van der Waals surface area contributed by atoms with E-state index >= 15 is 0 Å². The lowest BCUT2D eigenvalue weighted by molar-refractivity contribution is 0.176. The maximum atomic E-state index is 5.07. The summed E-state index contributed by atoms with van der Waals surface area (Å²) in [5.74, 6) is 0. The largest absolute Gasteiger partial charge is 0.414 e. The number of hydrogen-bond donors (Lipinski definition) is 0. The van der Waals surface area contributed by atoms with E-state index in [1.807, 2.05) is 6.08 Å². The summed E-state index contributed by atoms with van der Waals surface area (Å²) in [6.07, 6.45) is 6.69. The molecule has 0 bridgehead atoms. The third kappa shape index (κ3) is 1.68. The van der Waals surface area contributed by atoms with Crippen LogP contribution in [0.15, 0.2) is 25.3 Å². The molecule has 0 aliphatic heterocycles. The number of nitrogens with zero attached hydrogens (tertiary/aromatic N) is 4. The Morgan fingerprint density at radius 3 is 3.07 bits per heavy atom. The maximum Gasteiger partial charge on any atom is 0.199 e. The number of aryl methyl sites for hydroxylation is 1. The molecular weight excluding hydrogens is 192 g/mol. The molecule has 0 atom stereocenters. The number of allylic oxidation sites excluding steroid dienone is 1. The van der Waals surface area contributed by atoms with Gasteiger partial charge in [-0.2, -0.15) is 4.73 Å². The van der Waals surface area contributed by atoms with Gasteiger partial charge in [0, 0.05) is 0 Å². The second-order valence-corrected chi connectivity index (χ2v) is 3.07. The molecule has 2 rings (SSSR count). The third-order valence-electron chi connectivity index (χ3n) is 2.16. The highest BCUT2D eigenvalue weighted by Gasteiger charge is 2.08. The fourth-order valence-corrected chi connectivity index (χ4v) is 1.42. The Labute approximate surface area is 87.4 Å². The zero-order valence-electron chi connectivity index (χ0n) is 8.55. The van der Waals surface area contributed by atoms with E-state index < -0.39 is 0 Å². The number of imidazole rings is 1. The monoisotopic (exact) mass is 204 g/mol. The van der Waals surface area contributed by atoms with E-state index in [0.29, 0.717) is 5.65 Å². The number of aromatic nitrogens is 4. The molecule has 0 spiro atoms. The first kappa shape index (κ1) is 9.64. The maximum absolute atomic E-state index is 5.07. The second kappa shape index (κ2) is 4.08. The lowest BCUT2D eigenvalue weighted by Crippen LogP contribution is -2.04. The molecule has 0 aliphatic carbocycles. The highest BCUT2D eigenvalue weighted by atomic mass is 16.6. The normalized spacial score (nSPS) is 10.5. The van der Waals surface area contributed by atoms with E-state index in [1.54, 1.807) is 13.4 Å². The molecule has 0 radical (unpaired) electrons. The summed E-state index contributed by atoms with van der Waals surface area (Å²) in [5, 5.41) is 0. The summed E-state index contributed by atoms with van der Waals surface area (Å²) >= 11 is 0. The van der Waals surface area contributed by atoms with Gasteiger partial charge in [-0.1, -0.05) is 6.08 Å². The van der Waals surface area contributed by atoms with Crippen LogP contribution in [0.25, 0.3) is 11.2 Å². The smallest absolute Gasteiger partial charge is 0.199 e. The van der Waals surface area contributed by atoms with Crippen molar-refractivity contribution in [1.29, 1.82) is 0 Å². The number of rotatable bonds is 4. The average Bonchev–Trinajstić information content (AvgIpc) is 2.69. The van der Waals surface area contributed by atoms with E-state index in [2.05, 4.69) is 21.5 Å². The molecule has 2 aromatic rings. The van der Waals surface area contributed by atoms with Gasteiger partial charge >= 0.3 is 0 Å². The second-order valence-electron chi connectivity index (χ2n) is 3.07. The van der Waals surface area contributed by atoms with E-state index in [1.165, 1.54) is 11.1 Å². The van der Waals surface area contributed by atoms with Crippen molar-refractivity contribution in [2.75, 3.05) is 7.11 Å². The van der Waals surface area contributed by atoms with Crippen molar-refractivity contribution in [2.24, 2.45) is 0 Å². The summed E-state index contributed by atoms with van der Waals surface area (Å²) in [4.78, 5) is 17.6. The van der Waals surface area contributed by atoms with E-state index in [0.717, 1.165) is 24.1 Å². The van der Waals surface area contributed by atoms with Gasteiger partial charge in [-0.3, -0.25) is 0 Å². The molecule has 0 unspecified atom stereocenters. The van der Waals surface area contributed by atoms with Crippen molar-refractivity contribution in [3.05, 3.63) is 31.0 Å².